The van der Waals surface area contributed by atoms with Gasteiger partial charge in [-0.3, -0.25) is 0 Å². The van der Waals surface area contributed by atoms with E-state index in [9.17, 15) is 0 Å². The van der Waals surface area contributed by atoms with E-state index in [1.807, 2.05) is 19.9 Å². The minimum atomic E-state index is 0.0363. The van der Waals surface area contributed by atoms with E-state index in [0.717, 1.165) is 16.6 Å². The van der Waals surface area contributed by atoms with E-state index in [4.69, 9.17) is 16.0 Å². The zero-order valence-corrected chi connectivity index (χ0v) is 12.4. The summed E-state index contributed by atoms with van der Waals surface area (Å²) in [6.07, 6.45) is 0. The lowest BCUT2D eigenvalue weighted by atomic mass is 10.2. The molecular weight excluding hydrogens is 318 g/mol. The van der Waals surface area contributed by atoms with E-state index >= 15 is 0 Å². The quantitative estimate of drug-likeness (QED) is 0.926. The first-order valence-corrected chi connectivity index (χ1v) is 6.81. The number of rotatable bonds is 4. The largest absolute Gasteiger partial charge is 0.419 e. The van der Waals surface area contributed by atoms with Gasteiger partial charge < -0.3 is 9.73 Å². The minimum absolute atomic E-state index is 0.0363. The normalized spacial score (nSPS) is 12.7. The highest BCUT2D eigenvalue weighted by atomic mass is 79.9. The molecule has 96 valence electrons. The van der Waals surface area contributed by atoms with Crippen LogP contribution in [0.2, 0.25) is 5.02 Å². The van der Waals surface area contributed by atoms with E-state index in [1.165, 1.54) is 0 Å². The smallest absolute Gasteiger partial charge is 0.249 e. The van der Waals surface area contributed by atoms with Crippen molar-refractivity contribution >= 4 is 27.5 Å². The van der Waals surface area contributed by atoms with Crippen LogP contribution in [0.3, 0.4) is 0 Å². The zero-order valence-electron chi connectivity index (χ0n) is 10.1. The van der Waals surface area contributed by atoms with Gasteiger partial charge in [0, 0.05) is 9.50 Å². The Balaban J connectivity index is 2.32. The van der Waals surface area contributed by atoms with Crippen LogP contribution >= 0.6 is 27.5 Å². The Morgan fingerprint density at radius 3 is 2.94 bits per heavy atom. The molecule has 0 fully saturated rings. The van der Waals surface area contributed by atoms with E-state index in [1.54, 1.807) is 12.1 Å². The predicted octanol–water partition coefficient (Wildman–Crippen LogP) is 3.82. The van der Waals surface area contributed by atoms with E-state index < -0.39 is 0 Å². The third-order valence-electron chi connectivity index (χ3n) is 2.48. The van der Waals surface area contributed by atoms with Crippen molar-refractivity contribution in [3.05, 3.63) is 33.6 Å². The highest BCUT2D eigenvalue weighted by Gasteiger charge is 2.15. The molecule has 0 spiro atoms. The van der Waals surface area contributed by atoms with Gasteiger partial charge in [0.15, 0.2) is 0 Å². The molecule has 1 aromatic heterocycles. The SMILES string of the molecule is CCNC(C)c1nnc(-c2cc(Cl)ccc2Br)o1. The minimum Gasteiger partial charge on any atom is -0.419 e. The van der Waals surface area contributed by atoms with Crippen LogP contribution in [-0.4, -0.2) is 16.7 Å². The third-order valence-corrected chi connectivity index (χ3v) is 3.41. The van der Waals surface area contributed by atoms with Gasteiger partial charge in [-0.15, -0.1) is 10.2 Å². The molecular formula is C12H13BrClN3O. The second kappa shape index (κ2) is 5.82. The summed E-state index contributed by atoms with van der Waals surface area (Å²) in [5.41, 5.74) is 0.796. The molecule has 4 nitrogen and oxygen atoms in total. The Hall–Kier alpha value is -0.910. The molecule has 0 radical (unpaired) electrons. The van der Waals surface area contributed by atoms with Crippen LogP contribution in [0, 0.1) is 0 Å². The molecule has 0 aliphatic rings. The number of aromatic nitrogens is 2. The highest BCUT2D eigenvalue weighted by Crippen LogP contribution is 2.30. The molecule has 0 amide bonds. The van der Waals surface area contributed by atoms with E-state index in [2.05, 4.69) is 31.4 Å². The monoisotopic (exact) mass is 329 g/mol. The Bertz CT molecular complexity index is 544. The standard InChI is InChI=1S/C12H13BrClN3O/c1-3-15-7(2)11-16-17-12(18-11)9-6-8(14)4-5-10(9)13/h4-7,15H,3H2,1-2H3. The zero-order chi connectivity index (χ0) is 13.1. The summed E-state index contributed by atoms with van der Waals surface area (Å²) in [5, 5.41) is 11.9. The lowest BCUT2D eigenvalue weighted by molar-refractivity contribution is 0.429. The maximum atomic E-state index is 5.96. The van der Waals surface area contributed by atoms with Gasteiger partial charge in [0.2, 0.25) is 11.8 Å². The number of hydrogen-bond acceptors (Lipinski definition) is 4. The van der Waals surface area contributed by atoms with Gasteiger partial charge in [-0.1, -0.05) is 18.5 Å². The fourth-order valence-corrected chi connectivity index (χ4v) is 2.16. The fourth-order valence-electron chi connectivity index (χ4n) is 1.57. The molecule has 1 aromatic carbocycles. The second-order valence-corrected chi connectivity index (χ2v) is 5.14. The average Bonchev–Trinajstić information content (AvgIpc) is 2.82. The van der Waals surface area contributed by atoms with Gasteiger partial charge >= 0.3 is 0 Å². The summed E-state index contributed by atoms with van der Waals surface area (Å²) in [6.45, 7) is 4.86. The fraction of sp³-hybridized carbons (Fsp3) is 0.333. The number of nitrogens with one attached hydrogen (secondary N) is 1. The Morgan fingerprint density at radius 1 is 1.44 bits per heavy atom. The summed E-state index contributed by atoms with van der Waals surface area (Å²) in [7, 11) is 0. The van der Waals surface area contributed by atoms with Crippen LogP contribution in [0.15, 0.2) is 27.1 Å². The first kappa shape index (κ1) is 13.5. The summed E-state index contributed by atoms with van der Waals surface area (Å²) in [6, 6.07) is 5.48. The molecule has 1 atom stereocenters. The number of halogens is 2. The molecule has 0 aliphatic heterocycles. The molecule has 18 heavy (non-hydrogen) atoms. The molecule has 6 heteroatoms. The second-order valence-electron chi connectivity index (χ2n) is 3.85. The van der Waals surface area contributed by atoms with Crippen LogP contribution in [0.4, 0.5) is 0 Å². The topological polar surface area (TPSA) is 51.0 Å². The van der Waals surface area contributed by atoms with Gasteiger partial charge in [-0.05, 0) is 47.6 Å². The lowest BCUT2D eigenvalue weighted by Crippen LogP contribution is -2.17. The third kappa shape index (κ3) is 2.91. The summed E-state index contributed by atoms with van der Waals surface area (Å²) >= 11 is 9.40. The van der Waals surface area contributed by atoms with Gasteiger partial charge in [0.1, 0.15) is 0 Å². The molecule has 2 rings (SSSR count). The molecule has 1 N–H and O–H groups in total. The molecule has 0 bridgehead atoms. The first-order chi connectivity index (χ1) is 8.61. The summed E-state index contributed by atoms with van der Waals surface area (Å²) < 4.78 is 6.52. The van der Waals surface area contributed by atoms with Gasteiger partial charge in [-0.2, -0.15) is 0 Å². The van der Waals surface area contributed by atoms with Crippen molar-refractivity contribution < 1.29 is 4.42 Å². The molecule has 0 saturated carbocycles. The van der Waals surface area contributed by atoms with Crippen molar-refractivity contribution in [2.75, 3.05) is 6.54 Å². The van der Waals surface area contributed by atoms with Crippen molar-refractivity contribution in [2.45, 2.75) is 19.9 Å². The lowest BCUT2D eigenvalue weighted by Gasteiger charge is -2.06. The Kier molecular flexibility index (Phi) is 4.37. The predicted molar refractivity (Wildman–Crippen MR) is 74.5 cm³/mol. The Labute approximate surface area is 119 Å². The summed E-state index contributed by atoms with van der Waals surface area (Å²) in [5.74, 6) is 1.03. The van der Waals surface area contributed by atoms with Crippen LogP contribution in [0.25, 0.3) is 11.5 Å². The number of nitrogens with zero attached hydrogens (tertiary/aromatic N) is 2. The van der Waals surface area contributed by atoms with Crippen molar-refractivity contribution in [3.8, 4) is 11.5 Å². The van der Waals surface area contributed by atoms with Gasteiger partial charge in [-0.25, -0.2) is 0 Å². The molecule has 1 unspecified atom stereocenters. The highest BCUT2D eigenvalue weighted by molar-refractivity contribution is 9.10. The molecule has 0 aliphatic carbocycles. The van der Waals surface area contributed by atoms with Crippen molar-refractivity contribution in [2.24, 2.45) is 0 Å². The Morgan fingerprint density at radius 2 is 2.22 bits per heavy atom. The van der Waals surface area contributed by atoms with Crippen LogP contribution < -0.4 is 5.32 Å². The maximum absolute atomic E-state index is 5.96. The van der Waals surface area contributed by atoms with Crippen LogP contribution in [0.1, 0.15) is 25.8 Å². The van der Waals surface area contributed by atoms with E-state index in [0.29, 0.717) is 16.8 Å². The first-order valence-electron chi connectivity index (χ1n) is 5.64. The van der Waals surface area contributed by atoms with Gasteiger partial charge in [0.25, 0.3) is 0 Å². The van der Waals surface area contributed by atoms with E-state index in [-0.39, 0.29) is 6.04 Å². The molecule has 2 aromatic rings. The molecule has 0 saturated heterocycles. The van der Waals surface area contributed by atoms with Crippen LogP contribution in [0.5, 0.6) is 0 Å². The van der Waals surface area contributed by atoms with Crippen molar-refractivity contribution in [3.63, 3.8) is 0 Å². The number of benzene rings is 1. The maximum Gasteiger partial charge on any atom is 0.249 e. The summed E-state index contributed by atoms with van der Waals surface area (Å²) in [4.78, 5) is 0. The van der Waals surface area contributed by atoms with Crippen LogP contribution in [-0.2, 0) is 0 Å². The van der Waals surface area contributed by atoms with Gasteiger partial charge in [0.05, 0.1) is 11.6 Å². The van der Waals surface area contributed by atoms with Crippen molar-refractivity contribution in [1.29, 1.82) is 0 Å². The average molecular weight is 331 g/mol. The van der Waals surface area contributed by atoms with Crippen molar-refractivity contribution in [1.82, 2.24) is 15.5 Å². The number of hydrogen-bond donors (Lipinski definition) is 1. The molecule has 1 heterocycles.